The smallest absolute Gasteiger partial charge is 0.348 e. The van der Waals surface area contributed by atoms with Crippen molar-refractivity contribution < 1.29 is 23.1 Å². The van der Waals surface area contributed by atoms with Gasteiger partial charge in [-0.05, 0) is 67.4 Å². The third-order valence-electron chi connectivity index (χ3n) is 7.39. The predicted molar refractivity (Wildman–Crippen MR) is 145 cm³/mol. The topological polar surface area (TPSA) is 95.0 Å². The van der Waals surface area contributed by atoms with Gasteiger partial charge in [0.15, 0.2) is 0 Å². The number of piperidine rings is 1. The van der Waals surface area contributed by atoms with E-state index in [1.807, 2.05) is 26.8 Å². The number of carbonyl (C=O) groups is 2. The Labute approximate surface area is 222 Å². The standard InChI is InChI=1S/C26H36N2O5S3/c1-17-7-9-18(10-8-17)24(29)28(20-16-21(26(2,3)4)35-23(20)25(30)31)19-11-13-27(14-12-19)36(32,33)22-6-5-15-34-22/h5-6,15-19H,7-14H2,1-4H3,(H,30,31). The first-order valence-corrected chi connectivity index (χ1v) is 15.8. The molecule has 2 fully saturated rings. The van der Waals surface area contributed by atoms with Crippen LogP contribution in [0.5, 0.6) is 0 Å². The zero-order valence-electron chi connectivity index (χ0n) is 21.4. The second-order valence-corrected chi connectivity index (χ2v) is 15.3. The van der Waals surface area contributed by atoms with Gasteiger partial charge >= 0.3 is 5.97 Å². The van der Waals surface area contributed by atoms with Crippen LogP contribution in [0.1, 0.15) is 80.8 Å². The van der Waals surface area contributed by atoms with E-state index in [1.165, 1.54) is 27.0 Å². The molecule has 1 aliphatic heterocycles. The SMILES string of the molecule is CC1CCC(C(=O)N(c2cc(C(C)(C)C)sc2C(=O)O)C2CCN(S(=O)(=O)c3cccs3)CC2)CC1. The highest BCUT2D eigenvalue weighted by Crippen LogP contribution is 2.41. The van der Waals surface area contributed by atoms with Crippen LogP contribution in [-0.2, 0) is 20.2 Å². The summed E-state index contributed by atoms with van der Waals surface area (Å²) >= 11 is 2.44. The third kappa shape index (κ3) is 5.56. The highest BCUT2D eigenvalue weighted by molar-refractivity contribution is 7.91. The van der Waals surface area contributed by atoms with Crippen LogP contribution in [0.25, 0.3) is 0 Å². The molecule has 0 radical (unpaired) electrons. The van der Waals surface area contributed by atoms with Gasteiger partial charge < -0.3 is 10.0 Å². The van der Waals surface area contributed by atoms with Gasteiger partial charge in [0.2, 0.25) is 5.91 Å². The second kappa shape index (κ2) is 10.6. The molecular formula is C26H36N2O5S3. The number of hydrogen-bond acceptors (Lipinski definition) is 6. The molecule has 2 aliphatic rings. The number of carbonyl (C=O) groups excluding carboxylic acids is 1. The summed E-state index contributed by atoms with van der Waals surface area (Å²) in [5.74, 6) is -0.578. The maximum absolute atomic E-state index is 14.0. The molecule has 1 aliphatic carbocycles. The van der Waals surface area contributed by atoms with E-state index in [0.717, 1.165) is 30.6 Å². The largest absolute Gasteiger partial charge is 0.477 e. The number of rotatable bonds is 6. The third-order valence-corrected chi connectivity index (χ3v) is 12.2. The highest BCUT2D eigenvalue weighted by Gasteiger charge is 2.39. The Morgan fingerprint density at radius 1 is 1.08 bits per heavy atom. The van der Waals surface area contributed by atoms with E-state index in [1.54, 1.807) is 22.4 Å². The summed E-state index contributed by atoms with van der Waals surface area (Å²) < 4.78 is 27.9. The van der Waals surface area contributed by atoms with Gasteiger partial charge in [0.25, 0.3) is 10.0 Å². The van der Waals surface area contributed by atoms with Gasteiger partial charge in [0.1, 0.15) is 9.09 Å². The summed E-state index contributed by atoms with van der Waals surface area (Å²) in [6.07, 6.45) is 4.54. The number of carboxylic acid groups (broad SMARTS) is 1. The minimum absolute atomic E-state index is 0.0118. The molecular weight excluding hydrogens is 516 g/mol. The number of hydrogen-bond donors (Lipinski definition) is 1. The molecule has 0 spiro atoms. The van der Waals surface area contributed by atoms with Gasteiger partial charge in [-0.25, -0.2) is 13.2 Å². The molecule has 3 heterocycles. The molecule has 2 aromatic rings. The molecule has 36 heavy (non-hydrogen) atoms. The first-order chi connectivity index (χ1) is 16.9. The fraction of sp³-hybridized carbons (Fsp3) is 0.615. The molecule has 0 bridgehead atoms. The van der Waals surface area contributed by atoms with Crippen LogP contribution in [0.4, 0.5) is 5.69 Å². The van der Waals surface area contributed by atoms with E-state index in [0.29, 0.717) is 41.7 Å². The van der Waals surface area contributed by atoms with E-state index >= 15 is 0 Å². The van der Waals surface area contributed by atoms with Gasteiger partial charge in [0, 0.05) is 29.9 Å². The zero-order chi connectivity index (χ0) is 26.3. The lowest BCUT2D eigenvalue weighted by Crippen LogP contribution is -2.51. The number of aromatic carboxylic acids is 1. The summed E-state index contributed by atoms with van der Waals surface area (Å²) in [5, 5.41) is 11.8. The lowest BCUT2D eigenvalue weighted by Gasteiger charge is -2.40. The minimum Gasteiger partial charge on any atom is -0.477 e. The van der Waals surface area contributed by atoms with Crippen LogP contribution < -0.4 is 4.90 Å². The van der Waals surface area contributed by atoms with Crippen molar-refractivity contribution >= 4 is 50.3 Å². The molecule has 0 atom stereocenters. The zero-order valence-corrected chi connectivity index (χ0v) is 23.8. The molecule has 1 amide bonds. The average molecular weight is 553 g/mol. The van der Waals surface area contributed by atoms with E-state index in [2.05, 4.69) is 6.92 Å². The van der Waals surface area contributed by atoms with E-state index < -0.39 is 16.0 Å². The summed E-state index contributed by atoms with van der Waals surface area (Å²) in [4.78, 5) is 29.1. The Balaban J connectivity index is 1.66. The number of amides is 1. The highest BCUT2D eigenvalue weighted by atomic mass is 32.2. The molecule has 1 saturated heterocycles. The Kier molecular flexibility index (Phi) is 8.00. The van der Waals surface area contributed by atoms with E-state index in [9.17, 15) is 23.1 Å². The van der Waals surface area contributed by atoms with Crippen LogP contribution in [0.3, 0.4) is 0 Å². The quantitative estimate of drug-likeness (QED) is 0.487. The van der Waals surface area contributed by atoms with Crippen molar-refractivity contribution in [1.29, 1.82) is 0 Å². The van der Waals surface area contributed by atoms with Gasteiger partial charge in [-0.2, -0.15) is 4.31 Å². The summed E-state index contributed by atoms with van der Waals surface area (Å²) in [6, 6.07) is 4.98. The number of sulfonamides is 1. The van der Waals surface area contributed by atoms with Crippen LogP contribution in [0.15, 0.2) is 27.8 Å². The number of anilines is 1. The molecule has 1 N–H and O–H groups in total. The van der Waals surface area contributed by atoms with Crippen LogP contribution >= 0.6 is 22.7 Å². The molecule has 0 unspecified atom stereocenters. The van der Waals surface area contributed by atoms with E-state index in [-0.39, 0.29) is 28.2 Å². The second-order valence-electron chi connectivity index (χ2n) is 11.1. The lowest BCUT2D eigenvalue weighted by molar-refractivity contribution is -0.124. The van der Waals surface area contributed by atoms with Crippen molar-refractivity contribution in [3.8, 4) is 0 Å². The molecule has 0 aromatic carbocycles. The maximum Gasteiger partial charge on any atom is 0.348 e. The first kappa shape index (κ1) is 27.3. The normalized spacial score (nSPS) is 22.4. The Bertz CT molecular complexity index is 1180. The van der Waals surface area contributed by atoms with Crippen molar-refractivity contribution in [2.75, 3.05) is 18.0 Å². The van der Waals surface area contributed by atoms with Crippen LogP contribution in [-0.4, -0.2) is 48.8 Å². The fourth-order valence-corrected chi connectivity index (χ4v) is 8.82. The van der Waals surface area contributed by atoms with Crippen molar-refractivity contribution in [2.24, 2.45) is 11.8 Å². The number of nitrogens with zero attached hydrogens (tertiary/aromatic N) is 2. The summed E-state index contributed by atoms with van der Waals surface area (Å²) in [6.45, 7) is 8.92. The molecule has 1 saturated carbocycles. The molecule has 198 valence electrons. The Morgan fingerprint density at radius 3 is 2.25 bits per heavy atom. The lowest BCUT2D eigenvalue weighted by atomic mass is 9.82. The van der Waals surface area contributed by atoms with Gasteiger partial charge in [-0.15, -0.1) is 22.7 Å². The van der Waals surface area contributed by atoms with Gasteiger partial charge in [0.05, 0.1) is 5.69 Å². The Hall–Kier alpha value is -1.75. The Morgan fingerprint density at radius 2 is 1.72 bits per heavy atom. The van der Waals surface area contributed by atoms with Crippen molar-refractivity contribution in [2.45, 2.75) is 81.9 Å². The maximum atomic E-state index is 14.0. The van der Waals surface area contributed by atoms with Crippen molar-refractivity contribution in [3.63, 3.8) is 0 Å². The van der Waals surface area contributed by atoms with Crippen molar-refractivity contribution in [3.05, 3.63) is 33.3 Å². The average Bonchev–Trinajstić information content (AvgIpc) is 3.51. The minimum atomic E-state index is -3.56. The van der Waals surface area contributed by atoms with Crippen LogP contribution in [0.2, 0.25) is 0 Å². The molecule has 2 aromatic heterocycles. The monoisotopic (exact) mass is 552 g/mol. The van der Waals surface area contributed by atoms with Crippen molar-refractivity contribution in [1.82, 2.24) is 4.31 Å². The van der Waals surface area contributed by atoms with Gasteiger partial charge in [-0.3, -0.25) is 4.79 Å². The summed E-state index contributed by atoms with van der Waals surface area (Å²) in [7, 11) is -3.56. The number of carboxylic acids is 1. The predicted octanol–water partition coefficient (Wildman–Crippen LogP) is 5.82. The molecule has 4 rings (SSSR count). The fourth-order valence-electron chi connectivity index (χ4n) is 5.16. The summed E-state index contributed by atoms with van der Waals surface area (Å²) in [5.41, 5.74) is 0.223. The van der Waals surface area contributed by atoms with Crippen LogP contribution in [0, 0.1) is 11.8 Å². The molecule has 7 nitrogen and oxygen atoms in total. The first-order valence-electron chi connectivity index (χ1n) is 12.6. The number of thiophene rings is 2. The van der Waals surface area contributed by atoms with E-state index in [4.69, 9.17) is 0 Å². The van der Waals surface area contributed by atoms with Gasteiger partial charge in [-0.1, -0.05) is 33.8 Å². The molecule has 10 heteroatoms.